The molecule has 2 nitrogen and oxygen atoms in total. The Hall–Kier alpha value is -0.640. The van der Waals surface area contributed by atoms with Crippen molar-refractivity contribution in [1.82, 2.24) is 5.32 Å². The molecule has 1 heterocycles. The Morgan fingerprint density at radius 2 is 2.43 bits per heavy atom. The van der Waals surface area contributed by atoms with Crippen molar-refractivity contribution in [2.75, 3.05) is 26.3 Å². The molecule has 14 heavy (non-hydrogen) atoms. The predicted octanol–water partition coefficient (Wildman–Crippen LogP) is 2.08. The van der Waals surface area contributed by atoms with E-state index < -0.39 is 0 Å². The average molecular weight is 211 g/mol. The van der Waals surface area contributed by atoms with E-state index in [1.165, 1.54) is 4.88 Å². The number of ether oxygens (including phenoxy) is 1. The molecule has 0 saturated carbocycles. The molecule has 0 aliphatic heterocycles. The smallest absolute Gasteiger partial charge is 0.0645 e. The van der Waals surface area contributed by atoms with Gasteiger partial charge in [0.05, 0.1) is 13.2 Å². The lowest BCUT2D eigenvalue weighted by molar-refractivity contribution is 0.164. The quantitative estimate of drug-likeness (QED) is 0.525. The average Bonchev–Trinajstić information content (AvgIpc) is 2.69. The van der Waals surface area contributed by atoms with E-state index in [9.17, 15) is 0 Å². The van der Waals surface area contributed by atoms with Gasteiger partial charge in [-0.25, -0.2) is 0 Å². The first-order chi connectivity index (χ1) is 6.93. The maximum atomic E-state index is 5.24. The van der Waals surface area contributed by atoms with Crippen molar-refractivity contribution >= 4 is 11.3 Å². The monoisotopic (exact) mass is 211 g/mol. The molecule has 1 aromatic heterocycles. The highest BCUT2D eigenvalue weighted by Gasteiger charge is 1.92. The van der Waals surface area contributed by atoms with Crippen LogP contribution in [0.4, 0.5) is 0 Å². The van der Waals surface area contributed by atoms with Crippen molar-refractivity contribution < 1.29 is 4.74 Å². The van der Waals surface area contributed by atoms with Crippen molar-refractivity contribution in [2.24, 2.45) is 0 Å². The highest BCUT2D eigenvalue weighted by Crippen LogP contribution is 2.07. The Labute approximate surface area is 89.6 Å². The zero-order valence-corrected chi connectivity index (χ0v) is 9.19. The van der Waals surface area contributed by atoms with E-state index in [1.807, 2.05) is 11.3 Å². The molecule has 0 radical (unpaired) electrons. The minimum absolute atomic E-state index is 0.645. The van der Waals surface area contributed by atoms with Gasteiger partial charge in [0.1, 0.15) is 0 Å². The van der Waals surface area contributed by atoms with Gasteiger partial charge >= 0.3 is 0 Å². The molecule has 0 bridgehead atoms. The van der Waals surface area contributed by atoms with Gasteiger partial charge in [-0.05, 0) is 17.9 Å². The van der Waals surface area contributed by atoms with E-state index in [1.54, 1.807) is 6.08 Å². The van der Waals surface area contributed by atoms with Gasteiger partial charge in [0.25, 0.3) is 0 Å². The number of hydrogen-bond donors (Lipinski definition) is 1. The maximum absolute atomic E-state index is 5.24. The molecule has 0 atom stereocenters. The van der Waals surface area contributed by atoms with E-state index in [2.05, 4.69) is 29.4 Å². The molecule has 0 fully saturated rings. The molecule has 0 aliphatic carbocycles. The molecule has 1 N–H and O–H groups in total. The molecule has 0 aliphatic rings. The van der Waals surface area contributed by atoms with Gasteiger partial charge in [-0.15, -0.1) is 17.9 Å². The van der Waals surface area contributed by atoms with Crippen molar-refractivity contribution in [3.63, 3.8) is 0 Å². The van der Waals surface area contributed by atoms with Crippen LogP contribution >= 0.6 is 11.3 Å². The fourth-order valence-corrected chi connectivity index (χ4v) is 1.81. The van der Waals surface area contributed by atoms with Gasteiger partial charge in [-0.2, -0.15) is 0 Å². The fourth-order valence-electron chi connectivity index (χ4n) is 1.10. The maximum Gasteiger partial charge on any atom is 0.0645 e. The normalized spacial score (nSPS) is 10.3. The van der Waals surface area contributed by atoms with Gasteiger partial charge in [0.2, 0.25) is 0 Å². The van der Waals surface area contributed by atoms with Crippen LogP contribution in [0.15, 0.2) is 30.2 Å². The van der Waals surface area contributed by atoms with Crippen molar-refractivity contribution in [3.05, 3.63) is 35.0 Å². The standard InChI is InChI=1S/C11H17NOS/c1-2-8-13-9-7-12-6-5-11-4-3-10-14-11/h2-4,10,12H,1,5-9H2. The first-order valence-corrected chi connectivity index (χ1v) is 5.73. The largest absolute Gasteiger partial charge is 0.376 e. The third kappa shape index (κ3) is 5.17. The van der Waals surface area contributed by atoms with Crippen LogP contribution in [-0.4, -0.2) is 26.3 Å². The third-order valence-electron chi connectivity index (χ3n) is 1.79. The van der Waals surface area contributed by atoms with Crippen LogP contribution in [0.3, 0.4) is 0 Å². The molecule has 3 heteroatoms. The molecule has 0 aromatic carbocycles. The lowest BCUT2D eigenvalue weighted by Crippen LogP contribution is -2.22. The lowest BCUT2D eigenvalue weighted by atomic mass is 10.3. The van der Waals surface area contributed by atoms with E-state index in [0.29, 0.717) is 6.61 Å². The molecular weight excluding hydrogens is 194 g/mol. The number of nitrogens with one attached hydrogen (secondary N) is 1. The summed E-state index contributed by atoms with van der Waals surface area (Å²) in [5.41, 5.74) is 0. The lowest BCUT2D eigenvalue weighted by Gasteiger charge is -2.03. The number of rotatable bonds is 8. The second kappa shape index (κ2) is 7.74. The number of thiophene rings is 1. The number of hydrogen-bond acceptors (Lipinski definition) is 3. The highest BCUT2D eigenvalue weighted by molar-refractivity contribution is 7.09. The Morgan fingerprint density at radius 3 is 3.14 bits per heavy atom. The summed E-state index contributed by atoms with van der Waals surface area (Å²) < 4.78 is 5.24. The first kappa shape index (κ1) is 11.4. The van der Waals surface area contributed by atoms with Crippen LogP contribution in [0.25, 0.3) is 0 Å². The van der Waals surface area contributed by atoms with Gasteiger partial charge in [-0.1, -0.05) is 12.1 Å². The highest BCUT2D eigenvalue weighted by atomic mass is 32.1. The van der Waals surface area contributed by atoms with Gasteiger partial charge in [-0.3, -0.25) is 0 Å². The van der Waals surface area contributed by atoms with E-state index in [-0.39, 0.29) is 0 Å². The van der Waals surface area contributed by atoms with E-state index in [0.717, 1.165) is 26.1 Å². The second-order valence-electron chi connectivity index (χ2n) is 2.94. The molecule has 0 unspecified atom stereocenters. The fraction of sp³-hybridized carbons (Fsp3) is 0.455. The van der Waals surface area contributed by atoms with Crippen LogP contribution in [0, 0.1) is 0 Å². The van der Waals surface area contributed by atoms with Crippen molar-refractivity contribution in [3.8, 4) is 0 Å². The SMILES string of the molecule is C=CCOCCNCCc1cccs1. The zero-order chi connectivity index (χ0) is 10.1. The van der Waals surface area contributed by atoms with E-state index in [4.69, 9.17) is 4.74 Å². The van der Waals surface area contributed by atoms with Gasteiger partial charge < -0.3 is 10.1 Å². The van der Waals surface area contributed by atoms with Crippen LogP contribution < -0.4 is 5.32 Å². The molecule has 0 spiro atoms. The summed E-state index contributed by atoms with van der Waals surface area (Å²) in [6.07, 6.45) is 2.88. The van der Waals surface area contributed by atoms with Crippen LogP contribution in [0.1, 0.15) is 4.88 Å². The van der Waals surface area contributed by atoms with Crippen molar-refractivity contribution in [1.29, 1.82) is 0 Å². The Kier molecular flexibility index (Phi) is 6.32. The summed E-state index contributed by atoms with van der Waals surface area (Å²) in [5, 5.41) is 5.44. The summed E-state index contributed by atoms with van der Waals surface area (Å²) >= 11 is 1.81. The van der Waals surface area contributed by atoms with Gasteiger partial charge in [0.15, 0.2) is 0 Å². The van der Waals surface area contributed by atoms with Crippen LogP contribution in [0.2, 0.25) is 0 Å². The molecule has 78 valence electrons. The van der Waals surface area contributed by atoms with E-state index >= 15 is 0 Å². The topological polar surface area (TPSA) is 21.3 Å². The molecule has 1 rings (SSSR count). The molecule has 0 saturated heterocycles. The summed E-state index contributed by atoms with van der Waals surface area (Å²) in [7, 11) is 0. The first-order valence-electron chi connectivity index (χ1n) is 4.85. The molecule has 0 amide bonds. The molecule has 1 aromatic rings. The molecular formula is C11H17NOS. The zero-order valence-electron chi connectivity index (χ0n) is 8.37. The Balaban J connectivity index is 1.87. The summed E-state index contributed by atoms with van der Waals surface area (Å²) in [4.78, 5) is 1.43. The summed E-state index contributed by atoms with van der Waals surface area (Å²) in [5.74, 6) is 0. The Bertz CT molecular complexity index is 233. The van der Waals surface area contributed by atoms with Crippen LogP contribution in [-0.2, 0) is 11.2 Å². The third-order valence-corrected chi connectivity index (χ3v) is 2.72. The van der Waals surface area contributed by atoms with Crippen LogP contribution in [0.5, 0.6) is 0 Å². The van der Waals surface area contributed by atoms with Gasteiger partial charge in [0, 0.05) is 18.0 Å². The Morgan fingerprint density at radius 1 is 1.50 bits per heavy atom. The minimum Gasteiger partial charge on any atom is -0.376 e. The minimum atomic E-state index is 0.645. The second-order valence-corrected chi connectivity index (χ2v) is 3.98. The van der Waals surface area contributed by atoms with Crippen molar-refractivity contribution in [2.45, 2.75) is 6.42 Å². The summed E-state index contributed by atoms with van der Waals surface area (Å²) in [6.45, 7) is 6.93. The summed E-state index contributed by atoms with van der Waals surface area (Å²) in [6, 6.07) is 4.26. The predicted molar refractivity (Wildman–Crippen MR) is 61.9 cm³/mol.